The van der Waals surface area contributed by atoms with Crippen molar-refractivity contribution in [3.63, 3.8) is 0 Å². The Labute approximate surface area is 135 Å². The third-order valence-electron chi connectivity index (χ3n) is 4.61. The molecule has 1 aliphatic heterocycles. The number of nitrogens with zero attached hydrogens (tertiary/aromatic N) is 3. The summed E-state index contributed by atoms with van der Waals surface area (Å²) in [4.78, 5) is 8.72. The van der Waals surface area contributed by atoms with Gasteiger partial charge in [-0.25, -0.2) is 14.4 Å². The molecule has 5 nitrogen and oxygen atoms in total. The number of imidazole rings is 1. The van der Waals surface area contributed by atoms with Crippen molar-refractivity contribution < 1.29 is 13.7 Å². The van der Waals surface area contributed by atoms with Gasteiger partial charge in [0.1, 0.15) is 5.73 Å². The first-order valence-corrected chi connectivity index (χ1v) is 7.66. The summed E-state index contributed by atoms with van der Waals surface area (Å²) in [7, 11) is -1.01. The minimum absolute atomic E-state index is 0.478. The lowest BCUT2D eigenvalue weighted by Crippen LogP contribution is -2.41. The molecule has 23 heavy (non-hydrogen) atoms. The van der Waals surface area contributed by atoms with Gasteiger partial charge in [0.15, 0.2) is 0 Å². The molecule has 7 heteroatoms. The van der Waals surface area contributed by atoms with Crippen LogP contribution in [0.25, 0.3) is 11.9 Å². The van der Waals surface area contributed by atoms with E-state index in [0.29, 0.717) is 17.2 Å². The predicted octanol–water partition coefficient (Wildman–Crippen LogP) is 3.29. The van der Waals surface area contributed by atoms with E-state index in [1.807, 2.05) is 53.8 Å². The van der Waals surface area contributed by atoms with Crippen molar-refractivity contribution >= 4 is 19.0 Å². The first-order chi connectivity index (χ1) is 10.6. The van der Waals surface area contributed by atoms with E-state index in [0.717, 1.165) is 5.69 Å². The fraction of sp³-hybridized carbons (Fsp3) is 0.500. The van der Waals surface area contributed by atoms with Gasteiger partial charge in [0.25, 0.3) is 0 Å². The molecule has 2 aromatic heterocycles. The van der Waals surface area contributed by atoms with Crippen molar-refractivity contribution in [1.29, 1.82) is 0 Å². The average Bonchev–Trinajstić information content (AvgIpc) is 2.83. The number of hydrogen-bond acceptors (Lipinski definition) is 4. The van der Waals surface area contributed by atoms with Crippen LogP contribution in [0, 0.1) is 13.8 Å². The monoisotopic (exact) mass is 317 g/mol. The standard InChI is InChI=1S/C16H21BFN3O2/c1-10-7-8-21-12(11(2)20-14(21)19-10)9-13(18)17-22-15(3,4)16(5,6)23-17/h7-9H,1-6H3. The van der Waals surface area contributed by atoms with Crippen molar-refractivity contribution in [2.24, 2.45) is 0 Å². The summed E-state index contributed by atoms with van der Waals surface area (Å²) in [5.74, 6) is 0.551. The molecule has 0 bridgehead atoms. The minimum atomic E-state index is -1.01. The maximum Gasteiger partial charge on any atom is 0.525 e. The van der Waals surface area contributed by atoms with E-state index in [1.54, 1.807) is 4.40 Å². The lowest BCUT2D eigenvalue weighted by atomic mass is 9.87. The zero-order chi connectivity index (χ0) is 17.0. The molecule has 0 radical (unpaired) electrons. The topological polar surface area (TPSA) is 48.7 Å². The van der Waals surface area contributed by atoms with Crippen LogP contribution in [0.4, 0.5) is 4.39 Å². The van der Waals surface area contributed by atoms with E-state index in [9.17, 15) is 4.39 Å². The van der Waals surface area contributed by atoms with E-state index in [-0.39, 0.29) is 0 Å². The van der Waals surface area contributed by atoms with Crippen molar-refractivity contribution in [3.05, 3.63) is 35.1 Å². The molecule has 0 aliphatic carbocycles. The Morgan fingerprint density at radius 1 is 1.17 bits per heavy atom. The van der Waals surface area contributed by atoms with Gasteiger partial charge in [-0.3, -0.25) is 4.40 Å². The summed E-state index contributed by atoms with van der Waals surface area (Å²) in [6.07, 6.45) is 3.25. The van der Waals surface area contributed by atoms with Gasteiger partial charge in [-0.2, -0.15) is 0 Å². The van der Waals surface area contributed by atoms with Crippen molar-refractivity contribution in [1.82, 2.24) is 14.4 Å². The summed E-state index contributed by atoms with van der Waals surface area (Å²) < 4.78 is 27.9. The molecule has 0 atom stereocenters. The van der Waals surface area contributed by atoms with E-state index in [1.165, 1.54) is 6.08 Å². The van der Waals surface area contributed by atoms with Gasteiger partial charge < -0.3 is 9.31 Å². The van der Waals surface area contributed by atoms with Crippen LogP contribution in [0.2, 0.25) is 0 Å². The molecule has 0 amide bonds. The molecule has 0 spiro atoms. The SMILES string of the molecule is Cc1ccn2c(C=C(F)B3OC(C)(C)C(C)(C)O3)c(C)nc2n1. The molecule has 0 aromatic carbocycles. The van der Waals surface area contributed by atoms with Crippen LogP contribution in [0.3, 0.4) is 0 Å². The maximum absolute atomic E-state index is 14.7. The van der Waals surface area contributed by atoms with Crippen molar-refractivity contribution in [3.8, 4) is 0 Å². The van der Waals surface area contributed by atoms with Crippen LogP contribution < -0.4 is 0 Å². The molecule has 1 fully saturated rings. The molecule has 3 heterocycles. The molecule has 2 aromatic rings. The largest absolute Gasteiger partial charge is 0.525 e. The summed E-state index contributed by atoms with van der Waals surface area (Å²) in [5.41, 5.74) is 0.583. The van der Waals surface area contributed by atoms with Crippen LogP contribution in [0.1, 0.15) is 44.8 Å². The second-order valence-corrected chi connectivity index (χ2v) is 6.94. The van der Waals surface area contributed by atoms with Crippen LogP contribution in [0.15, 0.2) is 18.0 Å². The highest BCUT2D eigenvalue weighted by Gasteiger charge is 2.53. The third-order valence-corrected chi connectivity index (χ3v) is 4.61. The Morgan fingerprint density at radius 3 is 2.39 bits per heavy atom. The van der Waals surface area contributed by atoms with E-state index >= 15 is 0 Å². The van der Waals surface area contributed by atoms with Crippen molar-refractivity contribution in [2.45, 2.75) is 52.7 Å². The highest BCUT2D eigenvalue weighted by molar-refractivity contribution is 6.54. The van der Waals surface area contributed by atoms with E-state index in [4.69, 9.17) is 9.31 Å². The third kappa shape index (κ3) is 2.68. The Morgan fingerprint density at radius 2 is 1.78 bits per heavy atom. The number of aromatic nitrogens is 3. The Kier molecular flexibility index (Phi) is 3.61. The molecule has 0 saturated carbocycles. The highest BCUT2D eigenvalue weighted by atomic mass is 19.1. The molecule has 0 N–H and O–H groups in total. The molecule has 3 rings (SSSR count). The fourth-order valence-corrected chi connectivity index (χ4v) is 2.47. The molecule has 0 unspecified atom stereocenters. The van der Waals surface area contributed by atoms with Gasteiger partial charge in [0, 0.05) is 11.9 Å². The van der Waals surface area contributed by atoms with Gasteiger partial charge in [-0.15, -0.1) is 0 Å². The smallest absolute Gasteiger partial charge is 0.398 e. The lowest BCUT2D eigenvalue weighted by Gasteiger charge is -2.32. The molecular weight excluding hydrogens is 296 g/mol. The normalized spacial score (nSPS) is 20.5. The van der Waals surface area contributed by atoms with Gasteiger partial charge in [-0.1, -0.05) is 0 Å². The predicted molar refractivity (Wildman–Crippen MR) is 87.6 cm³/mol. The first-order valence-electron chi connectivity index (χ1n) is 7.66. The summed E-state index contributed by atoms with van der Waals surface area (Å²) >= 11 is 0. The zero-order valence-corrected chi connectivity index (χ0v) is 14.3. The van der Waals surface area contributed by atoms with Gasteiger partial charge in [-0.05, 0) is 53.7 Å². The van der Waals surface area contributed by atoms with E-state index < -0.39 is 24.0 Å². The summed E-state index contributed by atoms with van der Waals surface area (Å²) in [6.45, 7) is 11.3. The fourth-order valence-electron chi connectivity index (χ4n) is 2.47. The van der Waals surface area contributed by atoms with Crippen LogP contribution in [0.5, 0.6) is 0 Å². The number of halogens is 1. The molecule has 122 valence electrons. The Balaban J connectivity index is 1.98. The highest BCUT2D eigenvalue weighted by Crippen LogP contribution is 2.39. The first kappa shape index (κ1) is 16.1. The average molecular weight is 317 g/mol. The number of fused-ring (bicyclic) bond motifs is 1. The second kappa shape index (κ2) is 5.14. The number of hydrogen-bond donors (Lipinski definition) is 0. The Hall–Kier alpha value is -1.73. The number of rotatable bonds is 2. The second-order valence-electron chi connectivity index (χ2n) is 6.94. The van der Waals surface area contributed by atoms with Gasteiger partial charge in [0.2, 0.25) is 5.78 Å². The van der Waals surface area contributed by atoms with E-state index in [2.05, 4.69) is 9.97 Å². The van der Waals surface area contributed by atoms with Gasteiger partial charge in [0.05, 0.1) is 22.6 Å². The van der Waals surface area contributed by atoms with Crippen LogP contribution in [-0.4, -0.2) is 32.7 Å². The lowest BCUT2D eigenvalue weighted by molar-refractivity contribution is 0.00578. The van der Waals surface area contributed by atoms with Gasteiger partial charge >= 0.3 is 7.12 Å². The summed E-state index contributed by atoms with van der Waals surface area (Å²) in [5, 5.41) is 0. The van der Waals surface area contributed by atoms with Crippen LogP contribution in [-0.2, 0) is 9.31 Å². The molecular formula is C16H21BFN3O2. The van der Waals surface area contributed by atoms with Crippen LogP contribution >= 0.6 is 0 Å². The minimum Gasteiger partial charge on any atom is -0.398 e. The number of aryl methyl sites for hydroxylation is 2. The molecule has 1 aliphatic rings. The maximum atomic E-state index is 14.7. The summed E-state index contributed by atoms with van der Waals surface area (Å²) in [6, 6.07) is 1.86. The molecule has 1 saturated heterocycles. The Bertz CT molecular complexity index is 782. The zero-order valence-electron chi connectivity index (χ0n) is 14.3. The van der Waals surface area contributed by atoms with Crippen molar-refractivity contribution in [2.75, 3.05) is 0 Å². The quantitative estimate of drug-likeness (QED) is 0.798.